The maximum Gasteiger partial charge on any atom is 0.295 e. The van der Waals surface area contributed by atoms with Gasteiger partial charge in [0, 0.05) is 18.7 Å². The van der Waals surface area contributed by atoms with Crippen molar-refractivity contribution in [3.8, 4) is 11.3 Å². The van der Waals surface area contributed by atoms with Gasteiger partial charge in [-0.3, -0.25) is 5.10 Å². The number of alkyl halides is 2. The van der Waals surface area contributed by atoms with E-state index in [1.54, 1.807) is 18.3 Å². The smallest absolute Gasteiger partial charge is 0.295 e. The Balaban J connectivity index is 1.72. The van der Waals surface area contributed by atoms with Gasteiger partial charge in [-0.1, -0.05) is 12.1 Å². The lowest BCUT2D eigenvalue weighted by molar-refractivity contribution is 0.122. The van der Waals surface area contributed by atoms with Crippen LogP contribution in [0.15, 0.2) is 24.4 Å². The van der Waals surface area contributed by atoms with Gasteiger partial charge >= 0.3 is 0 Å². The quantitative estimate of drug-likeness (QED) is 0.575. The molecule has 4 aromatic rings. The standard InChI is InChI=1S/C17H15F2N7O/c18-14(19)16-21-11-3-1-2-9(13(11)22-16)12-10-8-20-25-15(10)24-17(23-12)26-4-6-27-7-5-26/h1-3,8,14H,4-7H2,(H,21,22)(H,20,23,24,25). The van der Waals surface area contributed by atoms with Crippen molar-refractivity contribution in [2.24, 2.45) is 0 Å². The summed E-state index contributed by atoms with van der Waals surface area (Å²) < 4.78 is 31.6. The van der Waals surface area contributed by atoms with Gasteiger partial charge in [-0.05, 0) is 6.07 Å². The minimum atomic E-state index is -2.67. The molecular weight excluding hydrogens is 356 g/mol. The zero-order valence-electron chi connectivity index (χ0n) is 14.1. The summed E-state index contributed by atoms with van der Waals surface area (Å²) in [5.74, 6) is 0.190. The van der Waals surface area contributed by atoms with Crippen LogP contribution in [0.1, 0.15) is 12.2 Å². The molecule has 0 aliphatic carbocycles. The molecular formula is C17H15F2N7O. The van der Waals surface area contributed by atoms with Crippen molar-refractivity contribution < 1.29 is 13.5 Å². The van der Waals surface area contributed by atoms with Crippen LogP contribution in [0.2, 0.25) is 0 Å². The number of aromatic amines is 2. The van der Waals surface area contributed by atoms with Crippen LogP contribution >= 0.6 is 0 Å². The monoisotopic (exact) mass is 371 g/mol. The number of halogens is 2. The summed E-state index contributed by atoms with van der Waals surface area (Å²) >= 11 is 0. The second-order valence-electron chi connectivity index (χ2n) is 6.23. The topological polar surface area (TPSA) is 95.6 Å². The highest BCUT2D eigenvalue weighted by Crippen LogP contribution is 2.33. The molecule has 1 aromatic carbocycles. The third-order valence-corrected chi connectivity index (χ3v) is 4.58. The molecule has 5 rings (SSSR count). The number of benzene rings is 1. The predicted octanol–water partition coefficient (Wildman–Crippen LogP) is 2.67. The van der Waals surface area contributed by atoms with E-state index in [1.807, 2.05) is 11.0 Å². The number of fused-ring (bicyclic) bond motifs is 2. The third kappa shape index (κ3) is 2.69. The van der Waals surface area contributed by atoms with Gasteiger partial charge in [-0.15, -0.1) is 0 Å². The molecule has 8 nitrogen and oxygen atoms in total. The van der Waals surface area contributed by atoms with Crippen LogP contribution in [0.25, 0.3) is 33.3 Å². The van der Waals surface area contributed by atoms with Gasteiger partial charge in [0.1, 0.15) is 0 Å². The lowest BCUT2D eigenvalue weighted by Crippen LogP contribution is -2.37. The first-order valence-electron chi connectivity index (χ1n) is 8.51. The number of hydrogen-bond donors (Lipinski definition) is 2. The van der Waals surface area contributed by atoms with Gasteiger partial charge in [-0.2, -0.15) is 10.1 Å². The summed E-state index contributed by atoms with van der Waals surface area (Å²) in [4.78, 5) is 18.1. The zero-order chi connectivity index (χ0) is 18.4. The highest BCUT2D eigenvalue weighted by Gasteiger charge is 2.21. The van der Waals surface area contributed by atoms with E-state index >= 15 is 0 Å². The first-order chi connectivity index (χ1) is 13.2. The van der Waals surface area contributed by atoms with Crippen molar-refractivity contribution >= 4 is 28.0 Å². The highest BCUT2D eigenvalue weighted by atomic mass is 19.3. The molecule has 138 valence electrons. The van der Waals surface area contributed by atoms with Gasteiger partial charge in [0.25, 0.3) is 6.43 Å². The Morgan fingerprint density at radius 1 is 1.11 bits per heavy atom. The van der Waals surface area contributed by atoms with E-state index in [9.17, 15) is 8.78 Å². The molecule has 0 saturated carbocycles. The minimum absolute atomic E-state index is 0.358. The van der Waals surface area contributed by atoms with E-state index in [-0.39, 0.29) is 5.82 Å². The molecule has 0 atom stereocenters. The largest absolute Gasteiger partial charge is 0.378 e. The Hall–Kier alpha value is -3.14. The number of anilines is 1. The van der Waals surface area contributed by atoms with Crippen LogP contribution in [0.4, 0.5) is 14.7 Å². The fraction of sp³-hybridized carbons (Fsp3) is 0.294. The van der Waals surface area contributed by atoms with Crippen molar-refractivity contribution in [1.82, 2.24) is 30.1 Å². The molecule has 27 heavy (non-hydrogen) atoms. The Bertz CT molecular complexity index is 1120. The van der Waals surface area contributed by atoms with E-state index in [0.29, 0.717) is 65.6 Å². The molecule has 0 amide bonds. The number of imidazole rings is 1. The maximum absolute atomic E-state index is 13.1. The van der Waals surface area contributed by atoms with Crippen molar-refractivity contribution in [2.45, 2.75) is 6.43 Å². The first kappa shape index (κ1) is 16.1. The van der Waals surface area contributed by atoms with Crippen molar-refractivity contribution in [3.05, 3.63) is 30.2 Å². The number of aromatic nitrogens is 6. The third-order valence-electron chi connectivity index (χ3n) is 4.58. The van der Waals surface area contributed by atoms with Crippen LogP contribution < -0.4 is 4.90 Å². The molecule has 1 aliphatic rings. The second kappa shape index (κ2) is 6.23. The average molecular weight is 371 g/mol. The summed E-state index contributed by atoms with van der Waals surface area (Å²) in [5, 5.41) is 7.65. The van der Waals surface area contributed by atoms with Gasteiger partial charge < -0.3 is 14.6 Å². The number of nitrogens with zero attached hydrogens (tertiary/aromatic N) is 5. The van der Waals surface area contributed by atoms with Crippen LogP contribution in [0, 0.1) is 0 Å². The van der Waals surface area contributed by atoms with Gasteiger partial charge in [0.15, 0.2) is 11.5 Å². The molecule has 1 aliphatic heterocycles. The second-order valence-corrected chi connectivity index (χ2v) is 6.23. The Kier molecular flexibility index (Phi) is 3.71. The number of para-hydroxylation sites is 1. The molecule has 1 fully saturated rings. The van der Waals surface area contributed by atoms with Crippen LogP contribution in [-0.4, -0.2) is 56.4 Å². The Labute approximate surface area is 151 Å². The molecule has 0 unspecified atom stereocenters. The summed E-state index contributed by atoms with van der Waals surface area (Å²) in [6.07, 6.45) is -1.04. The van der Waals surface area contributed by atoms with E-state index in [1.165, 1.54) is 0 Å². The number of hydrogen-bond acceptors (Lipinski definition) is 6. The van der Waals surface area contributed by atoms with Crippen LogP contribution in [0.5, 0.6) is 0 Å². The molecule has 3 aromatic heterocycles. The van der Waals surface area contributed by atoms with E-state index in [2.05, 4.69) is 25.1 Å². The van der Waals surface area contributed by atoms with E-state index in [4.69, 9.17) is 9.72 Å². The van der Waals surface area contributed by atoms with Crippen molar-refractivity contribution in [2.75, 3.05) is 31.2 Å². The molecule has 0 radical (unpaired) electrons. The number of rotatable bonds is 3. The highest BCUT2D eigenvalue weighted by molar-refractivity contribution is 6.00. The maximum atomic E-state index is 13.1. The molecule has 1 saturated heterocycles. The lowest BCUT2D eigenvalue weighted by atomic mass is 10.1. The fourth-order valence-corrected chi connectivity index (χ4v) is 3.28. The number of nitrogens with one attached hydrogen (secondary N) is 2. The molecule has 10 heteroatoms. The Morgan fingerprint density at radius 2 is 1.96 bits per heavy atom. The van der Waals surface area contributed by atoms with Gasteiger partial charge in [0.05, 0.1) is 41.5 Å². The SMILES string of the molecule is FC(F)c1nc2c(-c3nc(N4CCOCC4)nc4[nH]ncc34)cccc2[nH]1. The summed E-state index contributed by atoms with van der Waals surface area (Å²) in [6, 6.07) is 5.32. The molecule has 0 spiro atoms. The number of morpholine rings is 1. The van der Waals surface area contributed by atoms with E-state index in [0.717, 1.165) is 0 Å². The first-order valence-corrected chi connectivity index (χ1v) is 8.51. The normalized spacial score (nSPS) is 15.3. The van der Waals surface area contributed by atoms with Crippen molar-refractivity contribution in [1.29, 1.82) is 0 Å². The summed E-state index contributed by atoms with van der Waals surface area (Å²) in [6.45, 7) is 2.57. The zero-order valence-corrected chi connectivity index (χ0v) is 14.1. The Morgan fingerprint density at radius 3 is 2.78 bits per heavy atom. The molecule has 2 N–H and O–H groups in total. The van der Waals surface area contributed by atoms with Crippen LogP contribution in [0.3, 0.4) is 0 Å². The molecule has 0 bridgehead atoms. The minimum Gasteiger partial charge on any atom is -0.378 e. The van der Waals surface area contributed by atoms with Crippen LogP contribution in [-0.2, 0) is 4.74 Å². The number of ether oxygens (including phenoxy) is 1. The average Bonchev–Trinajstić information content (AvgIpc) is 3.34. The predicted molar refractivity (Wildman–Crippen MR) is 94.8 cm³/mol. The van der Waals surface area contributed by atoms with Gasteiger partial charge in [0.2, 0.25) is 5.95 Å². The number of H-pyrrole nitrogens is 2. The van der Waals surface area contributed by atoms with E-state index < -0.39 is 6.43 Å². The molecule has 4 heterocycles. The fourth-order valence-electron chi connectivity index (χ4n) is 3.28. The van der Waals surface area contributed by atoms with Gasteiger partial charge in [-0.25, -0.2) is 18.7 Å². The lowest BCUT2D eigenvalue weighted by Gasteiger charge is -2.27. The summed E-state index contributed by atoms with van der Waals surface area (Å²) in [7, 11) is 0. The van der Waals surface area contributed by atoms with Crippen molar-refractivity contribution in [3.63, 3.8) is 0 Å². The summed E-state index contributed by atoms with van der Waals surface area (Å²) in [5.41, 5.74) is 2.82.